The fourth-order valence-corrected chi connectivity index (χ4v) is 4.39. The van der Waals surface area contributed by atoms with Crippen LogP contribution < -0.4 is 9.80 Å². The molecule has 0 bridgehead atoms. The van der Waals surface area contributed by atoms with Crippen molar-refractivity contribution in [2.45, 2.75) is 26.8 Å². The van der Waals surface area contributed by atoms with Crippen LogP contribution in [0.25, 0.3) is 5.76 Å². The van der Waals surface area contributed by atoms with Crippen LogP contribution in [0.2, 0.25) is 0 Å². The zero-order chi connectivity index (χ0) is 25.3. The van der Waals surface area contributed by atoms with Crippen molar-refractivity contribution in [3.05, 3.63) is 101 Å². The third-order valence-corrected chi connectivity index (χ3v) is 6.27. The molecule has 0 saturated carbocycles. The summed E-state index contributed by atoms with van der Waals surface area (Å²) in [6, 6.07) is 15.6. The van der Waals surface area contributed by atoms with Crippen LogP contribution in [0.15, 0.2) is 72.3 Å². The molecule has 5 nitrogen and oxygen atoms in total. The second-order valence-electron chi connectivity index (χ2n) is 8.39. The van der Waals surface area contributed by atoms with Gasteiger partial charge in [0, 0.05) is 30.4 Å². The van der Waals surface area contributed by atoms with E-state index in [0.717, 1.165) is 47.4 Å². The van der Waals surface area contributed by atoms with Gasteiger partial charge in [0.05, 0.1) is 17.3 Å². The summed E-state index contributed by atoms with van der Waals surface area (Å²) in [5.74, 6) is -3.99. The van der Waals surface area contributed by atoms with E-state index in [9.17, 15) is 23.5 Å². The average molecular weight is 477 g/mol. The third kappa shape index (κ3) is 4.41. The van der Waals surface area contributed by atoms with Crippen LogP contribution in [-0.4, -0.2) is 29.9 Å². The standard InChI is InChI=1S/C28H26F2N2O3/c1-4-31(5-2)21-13-10-18(11-14-21)25-24(26(33)19-8-6-17(3)7-9-19)27(34)28(35)32(25)23-16-20(29)12-15-22(23)30/h6-16,25,33H,4-5H2,1-3H3/b26-24+. The molecule has 1 aliphatic rings. The van der Waals surface area contributed by atoms with Gasteiger partial charge in [-0.05, 0) is 50.6 Å². The van der Waals surface area contributed by atoms with Crippen LogP contribution in [0.4, 0.5) is 20.2 Å². The van der Waals surface area contributed by atoms with Crippen molar-refractivity contribution in [3.8, 4) is 0 Å². The first-order valence-electron chi connectivity index (χ1n) is 11.4. The Hall–Kier alpha value is -4.00. The van der Waals surface area contributed by atoms with E-state index in [1.54, 1.807) is 36.4 Å². The van der Waals surface area contributed by atoms with Crippen LogP contribution >= 0.6 is 0 Å². The number of nitrogens with zero attached hydrogens (tertiary/aromatic N) is 2. The summed E-state index contributed by atoms with van der Waals surface area (Å²) in [4.78, 5) is 29.4. The van der Waals surface area contributed by atoms with Gasteiger partial charge in [0.1, 0.15) is 17.4 Å². The first kappa shape index (κ1) is 24.1. The molecule has 0 radical (unpaired) electrons. The SMILES string of the molecule is CCN(CC)c1ccc(C2/C(=C(\O)c3ccc(C)cc3)C(=O)C(=O)N2c2cc(F)ccc2F)cc1. The van der Waals surface area contributed by atoms with Crippen molar-refractivity contribution in [3.63, 3.8) is 0 Å². The number of anilines is 2. The van der Waals surface area contributed by atoms with Gasteiger partial charge < -0.3 is 10.0 Å². The van der Waals surface area contributed by atoms with Gasteiger partial charge in [-0.15, -0.1) is 0 Å². The molecule has 4 rings (SSSR count). The Bertz CT molecular complexity index is 1300. The van der Waals surface area contributed by atoms with Gasteiger partial charge in [-0.3, -0.25) is 14.5 Å². The summed E-state index contributed by atoms with van der Waals surface area (Å²) < 4.78 is 28.9. The molecule has 1 aliphatic heterocycles. The molecule has 3 aromatic rings. The topological polar surface area (TPSA) is 60.9 Å². The number of hydrogen-bond donors (Lipinski definition) is 1. The fraction of sp³-hybridized carbons (Fsp3) is 0.214. The summed E-state index contributed by atoms with van der Waals surface area (Å²) in [6.45, 7) is 7.51. The van der Waals surface area contributed by atoms with Gasteiger partial charge in [-0.1, -0.05) is 42.0 Å². The van der Waals surface area contributed by atoms with Crippen LogP contribution in [-0.2, 0) is 9.59 Å². The maximum Gasteiger partial charge on any atom is 0.300 e. The number of aliphatic hydroxyl groups is 1. The first-order chi connectivity index (χ1) is 16.8. The lowest BCUT2D eigenvalue weighted by molar-refractivity contribution is -0.132. The molecule has 1 atom stereocenters. The molecule has 3 aromatic carbocycles. The summed E-state index contributed by atoms with van der Waals surface area (Å²) in [5, 5.41) is 11.1. The van der Waals surface area contributed by atoms with Crippen LogP contribution in [0.5, 0.6) is 0 Å². The number of hydrogen-bond acceptors (Lipinski definition) is 4. The molecular weight excluding hydrogens is 450 g/mol. The molecule has 0 spiro atoms. The minimum Gasteiger partial charge on any atom is -0.507 e. The maximum absolute atomic E-state index is 14.8. The summed E-state index contributed by atoms with van der Waals surface area (Å²) >= 11 is 0. The fourth-order valence-electron chi connectivity index (χ4n) is 4.39. The Balaban J connectivity index is 1.93. The van der Waals surface area contributed by atoms with E-state index in [1.165, 1.54) is 0 Å². The smallest absolute Gasteiger partial charge is 0.300 e. The number of aliphatic hydroxyl groups excluding tert-OH is 1. The first-order valence-corrected chi connectivity index (χ1v) is 11.4. The molecule has 7 heteroatoms. The molecule has 35 heavy (non-hydrogen) atoms. The van der Waals surface area contributed by atoms with E-state index >= 15 is 0 Å². The Labute approximate surface area is 202 Å². The second-order valence-corrected chi connectivity index (χ2v) is 8.39. The summed E-state index contributed by atoms with van der Waals surface area (Å²) in [6.07, 6.45) is 0. The molecule has 1 unspecified atom stereocenters. The summed E-state index contributed by atoms with van der Waals surface area (Å²) in [5.41, 5.74) is 2.17. The van der Waals surface area contributed by atoms with E-state index in [1.807, 2.05) is 32.9 Å². The number of Topliss-reactive ketones (excluding diaryl/α,β-unsaturated/α-hetero) is 1. The van der Waals surface area contributed by atoms with Crippen LogP contribution in [0, 0.1) is 18.6 Å². The van der Waals surface area contributed by atoms with Crippen molar-refractivity contribution < 1.29 is 23.5 Å². The van der Waals surface area contributed by atoms with E-state index in [2.05, 4.69) is 4.90 Å². The second kappa shape index (κ2) is 9.70. The lowest BCUT2D eigenvalue weighted by Gasteiger charge is -2.27. The van der Waals surface area contributed by atoms with Crippen LogP contribution in [0.1, 0.15) is 36.6 Å². The van der Waals surface area contributed by atoms with Gasteiger partial charge in [0.2, 0.25) is 0 Å². The number of halogens is 2. The number of carbonyl (C=O) groups is 2. The van der Waals surface area contributed by atoms with Crippen molar-refractivity contribution >= 4 is 28.8 Å². The Morgan fingerprint density at radius 1 is 0.943 bits per heavy atom. The number of amides is 1. The minimum atomic E-state index is -1.14. The highest BCUT2D eigenvalue weighted by atomic mass is 19.1. The molecule has 1 N–H and O–H groups in total. The van der Waals surface area contributed by atoms with Crippen molar-refractivity contribution in [2.75, 3.05) is 22.9 Å². The molecule has 1 fully saturated rings. The Kier molecular flexibility index (Phi) is 6.69. The molecule has 1 saturated heterocycles. The van der Waals surface area contributed by atoms with Crippen LogP contribution in [0.3, 0.4) is 0 Å². The van der Waals surface area contributed by atoms with Gasteiger partial charge in [0.15, 0.2) is 0 Å². The maximum atomic E-state index is 14.8. The van der Waals surface area contributed by atoms with Gasteiger partial charge in [0.25, 0.3) is 11.7 Å². The molecule has 0 aromatic heterocycles. The van der Waals surface area contributed by atoms with Crippen molar-refractivity contribution in [2.24, 2.45) is 0 Å². The number of ketones is 1. The monoisotopic (exact) mass is 476 g/mol. The third-order valence-electron chi connectivity index (χ3n) is 6.27. The lowest BCUT2D eigenvalue weighted by Crippen LogP contribution is -2.30. The zero-order valence-corrected chi connectivity index (χ0v) is 19.8. The number of rotatable bonds is 6. The van der Waals surface area contributed by atoms with E-state index in [0.29, 0.717) is 11.1 Å². The molecular formula is C28H26F2N2O3. The van der Waals surface area contributed by atoms with Gasteiger partial charge in [-0.2, -0.15) is 0 Å². The van der Waals surface area contributed by atoms with E-state index in [4.69, 9.17) is 0 Å². The molecule has 1 amide bonds. The number of carbonyl (C=O) groups excluding carboxylic acids is 2. The molecule has 1 heterocycles. The quantitative estimate of drug-likeness (QED) is 0.280. The number of aryl methyl sites for hydroxylation is 1. The van der Waals surface area contributed by atoms with Crippen molar-refractivity contribution in [1.82, 2.24) is 0 Å². The zero-order valence-electron chi connectivity index (χ0n) is 19.8. The Morgan fingerprint density at radius 3 is 2.17 bits per heavy atom. The lowest BCUT2D eigenvalue weighted by atomic mass is 9.94. The Morgan fingerprint density at radius 2 is 1.57 bits per heavy atom. The predicted octanol–water partition coefficient (Wildman–Crippen LogP) is 5.75. The van der Waals surface area contributed by atoms with Gasteiger partial charge >= 0.3 is 0 Å². The highest BCUT2D eigenvalue weighted by Crippen LogP contribution is 2.43. The average Bonchev–Trinajstić information content (AvgIpc) is 3.12. The largest absolute Gasteiger partial charge is 0.507 e. The van der Waals surface area contributed by atoms with E-state index in [-0.39, 0.29) is 17.0 Å². The number of benzene rings is 3. The minimum absolute atomic E-state index is 0.182. The predicted molar refractivity (Wildman–Crippen MR) is 132 cm³/mol. The van der Waals surface area contributed by atoms with E-state index < -0.39 is 29.4 Å². The summed E-state index contributed by atoms with van der Waals surface area (Å²) in [7, 11) is 0. The molecule has 0 aliphatic carbocycles. The highest BCUT2D eigenvalue weighted by molar-refractivity contribution is 6.51. The van der Waals surface area contributed by atoms with Crippen molar-refractivity contribution in [1.29, 1.82) is 0 Å². The van der Waals surface area contributed by atoms with Gasteiger partial charge in [-0.25, -0.2) is 8.78 Å². The highest BCUT2D eigenvalue weighted by Gasteiger charge is 2.47. The normalized spacial score (nSPS) is 17.2. The molecule has 180 valence electrons.